The number of aromatic amines is 1. The van der Waals surface area contributed by atoms with Crippen LogP contribution in [0.3, 0.4) is 0 Å². The molecule has 1 aliphatic heterocycles. The molecule has 3 aromatic rings. The Morgan fingerprint density at radius 2 is 2.11 bits per heavy atom. The fourth-order valence-electron chi connectivity index (χ4n) is 3.86. The monoisotopic (exact) mass is 397 g/mol. The van der Waals surface area contributed by atoms with E-state index >= 15 is 0 Å². The van der Waals surface area contributed by atoms with E-state index in [0.717, 1.165) is 46.2 Å². The molecule has 0 spiro atoms. The predicted molar refractivity (Wildman–Crippen MR) is 113 cm³/mol. The van der Waals surface area contributed by atoms with Gasteiger partial charge in [0.1, 0.15) is 5.69 Å². The van der Waals surface area contributed by atoms with Gasteiger partial charge in [-0.15, -0.1) is 23.1 Å². The second-order valence-corrected chi connectivity index (χ2v) is 8.80. The second kappa shape index (κ2) is 7.90. The van der Waals surface area contributed by atoms with E-state index < -0.39 is 0 Å². The number of carbonyl (C=O) groups is 1. The highest BCUT2D eigenvalue weighted by atomic mass is 32.2. The van der Waals surface area contributed by atoms with Crippen LogP contribution >= 0.6 is 23.1 Å². The van der Waals surface area contributed by atoms with Gasteiger partial charge in [-0.1, -0.05) is 43.7 Å². The number of thiophene rings is 1. The van der Waals surface area contributed by atoms with Crippen molar-refractivity contribution in [3.8, 4) is 10.6 Å². The number of hydrogen-bond donors (Lipinski definition) is 1. The Labute approximate surface area is 168 Å². The maximum Gasteiger partial charge on any atom is 0.256 e. The van der Waals surface area contributed by atoms with E-state index in [4.69, 9.17) is 0 Å². The Balaban J connectivity index is 1.74. The van der Waals surface area contributed by atoms with Crippen molar-refractivity contribution in [3.63, 3.8) is 0 Å². The van der Waals surface area contributed by atoms with E-state index in [1.807, 2.05) is 24.6 Å². The van der Waals surface area contributed by atoms with Crippen molar-refractivity contribution in [2.24, 2.45) is 0 Å². The predicted octanol–water partition coefficient (Wildman–Crippen LogP) is 5.40. The summed E-state index contributed by atoms with van der Waals surface area (Å²) in [5, 5.41) is 7.24. The van der Waals surface area contributed by atoms with Crippen molar-refractivity contribution in [2.75, 3.05) is 12.8 Å². The van der Waals surface area contributed by atoms with Gasteiger partial charge in [-0.3, -0.25) is 9.89 Å². The third-order valence-corrected chi connectivity index (χ3v) is 7.47. The Kier molecular flexibility index (Phi) is 5.36. The molecule has 1 amide bonds. The number of nitrogens with zero attached hydrogens (tertiary/aromatic N) is 2. The van der Waals surface area contributed by atoms with Gasteiger partial charge in [0.2, 0.25) is 0 Å². The summed E-state index contributed by atoms with van der Waals surface area (Å²) in [6.45, 7) is 2.94. The van der Waals surface area contributed by atoms with E-state index in [2.05, 4.69) is 46.3 Å². The van der Waals surface area contributed by atoms with Gasteiger partial charge in [-0.05, 0) is 36.3 Å². The molecule has 1 aromatic carbocycles. The summed E-state index contributed by atoms with van der Waals surface area (Å²) in [6, 6.07) is 12.6. The summed E-state index contributed by atoms with van der Waals surface area (Å²) >= 11 is 3.35. The van der Waals surface area contributed by atoms with Gasteiger partial charge in [0, 0.05) is 12.7 Å². The van der Waals surface area contributed by atoms with E-state index in [0.29, 0.717) is 0 Å². The summed E-state index contributed by atoms with van der Waals surface area (Å²) in [6.07, 6.45) is 6.80. The van der Waals surface area contributed by atoms with E-state index in [1.54, 1.807) is 23.1 Å². The van der Waals surface area contributed by atoms with Crippen LogP contribution < -0.4 is 0 Å². The molecule has 0 radical (unpaired) electrons. The number of hydrogen-bond acceptors (Lipinski definition) is 4. The smallest absolute Gasteiger partial charge is 0.256 e. The highest BCUT2D eigenvalue weighted by Gasteiger charge is 2.35. The topological polar surface area (TPSA) is 49.0 Å². The van der Waals surface area contributed by atoms with Gasteiger partial charge in [-0.2, -0.15) is 5.10 Å². The molecule has 1 N–H and O–H groups in total. The fourth-order valence-corrected chi connectivity index (χ4v) is 5.90. The van der Waals surface area contributed by atoms with Crippen molar-refractivity contribution in [2.45, 2.75) is 36.4 Å². The number of nitrogens with one attached hydrogen (secondary N) is 1. The summed E-state index contributed by atoms with van der Waals surface area (Å²) in [5.41, 5.74) is 4.23. The lowest BCUT2D eigenvalue weighted by Gasteiger charge is -2.35. The summed E-state index contributed by atoms with van der Waals surface area (Å²) in [7, 11) is 0. The van der Waals surface area contributed by atoms with Crippen molar-refractivity contribution in [3.05, 3.63) is 59.3 Å². The molecule has 0 saturated carbocycles. The van der Waals surface area contributed by atoms with Crippen LogP contribution in [-0.2, 0) is 6.42 Å². The first-order valence-electron chi connectivity index (χ1n) is 9.30. The average molecular weight is 398 g/mol. The van der Waals surface area contributed by atoms with Crippen LogP contribution in [0.15, 0.2) is 46.8 Å². The molecule has 4 rings (SSSR count). The van der Waals surface area contributed by atoms with E-state index in [-0.39, 0.29) is 11.9 Å². The van der Waals surface area contributed by atoms with Crippen molar-refractivity contribution >= 4 is 29.0 Å². The first kappa shape index (κ1) is 18.3. The summed E-state index contributed by atoms with van der Waals surface area (Å²) < 4.78 is 1.10. The van der Waals surface area contributed by atoms with Crippen LogP contribution in [0, 0.1) is 0 Å². The average Bonchev–Trinajstić information content (AvgIpc) is 3.35. The first-order valence-corrected chi connectivity index (χ1v) is 11.3. The molecule has 0 saturated heterocycles. The highest BCUT2D eigenvalue weighted by molar-refractivity contribution is 8.00. The molecule has 6 heteroatoms. The SMILES string of the molecule is CCCC(c1ccccc1)N1CCc2c(-c3cc[nH]n3)sc(SC)c2C1=O. The molecule has 1 atom stereocenters. The van der Waals surface area contributed by atoms with Crippen molar-refractivity contribution < 1.29 is 4.79 Å². The van der Waals surface area contributed by atoms with Gasteiger partial charge in [-0.25, -0.2) is 0 Å². The Morgan fingerprint density at radius 3 is 2.78 bits per heavy atom. The van der Waals surface area contributed by atoms with Gasteiger partial charge >= 0.3 is 0 Å². The molecule has 0 bridgehead atoms. The Morgan fingerprint density at radius 1 is 1.30 bits per heavy atom. The Bertz CT molecular complexity index is 919. The lowest BCUT2D eigenvalue weighted by molar-refractivity contribution is 0.0644. The number of carbonyl (C=O) groups excluding carboxylic acids is 1. The minimum Gasteiger partial charge on any atom is -0.331 e. The lowest BCUT2D eigenvalue weighted by atomic mass is 9.94. The van der Waals surface area contributed by atoms with Crippen LogP contribution in [0.5, 0.6) is 0 Å². The molecular weight excluding hydrogens is 374 g/mol. The van der Waals surface area contributed by atoms with E-state index in [9.17, 15) is 4.79 Å². The third-order valence-electron chi connectivity index (χ3n) is 5.09. The number of aromatic nitrogens is 2. The van der Waals surface area contributed by atoms with Crippen LogP contribution in [0.2, 0.25) is 0 Å². The standard InChI is InChI=1S/C21H23N3OS2/c1-3-7-17(14-8-5-4-6-9-14)24-13-11-15-18(20(24)25)21(26-2)27-19(15)16-10-12-22-23-16/h4-6,8-10,12,17H,3,7,11,13H2,1-2H3,(H,22,23). The zero-order chi connectivity index (χ0) is 18.8. The minimum absolute atomic E-state index is 0.139. The van der Waals surface area contributed by atoms with Crippen LogP contribution in [0.25, 0.3) is 10.6 Å². The quantitative estimate of drug-likeness (QED) is 0.567. The molecule has 140 valence electrons. The summed E-state index contributed by atoms with van der Waals surface area (Å²) in [4.78, 5) is 16.8. The molecular formula is C21H23N3OS2. The van der Waals surface area contributed by atoms with Crippen LogP contribution in [-0.4, -0.2) is 33.8 Å². The van der Waals surface area contributed by atoms with Gasteiger partial charge < -0.3 is 4.90 Å². The van der Waals surface area contributed by atoms with Gasteiger partial charge in [0.25, 0.3) is 5.91 Å². The number of amides is 1. The number of rotatable bonds is 6. The highest BCUT2D eigenvalue weighted by Crippen LogP contribution is 2.44. The van der Waals surface area contributed by atoms with E-state index in [1.165, 1.54) is 11.1 Å². The zero-order valence-electron chi connectivity index (χ0n) is 15.6. The van der Waals surface area contributed by atoms with Crippen LogP contribution in [0.1, 0.15) is 47.3 Å². The molecule has 3 heterocycles. The van der Waals surface area contributed by atoms with Crippen molar-refractivity contribution in [1.82, 2.24) is 15.1 Å². The normalized spacial score (nSPS) is 15.0. The maximum absolute atomic E-state index is 13.6. The molecule has 1 unspecified atom stereocenters. The number of H-pyrrole nitrogens is 1. The minimum atomic E-state index is 0.139. The molecule has 27 heavy (non-hydrogen) atoms. The third kappa shape index (κ3) is 3.32. The number of thioether (sulfide) groups is 1. The molecule has 2 aromatic heterocycles. The fraction of sp³-hybridized carbons (Fsp3) is 0.333. The summed E-state index contributed by atoms with van der Waals surface area (Å²) in [5.74, 6) is 0.168. The largest absolute Gasteiger partial charge is 0.331 e. The maximum atomic E-state index is 13.6. The number of benzene rings is 1. The molecule has 1 aliphatic rings. The number of fused-ring (bicyclic) bond motifs is 1. The van der Waals surface area contributed by atoms with Crippen molar-refractivity contribution in [1.29, 1.82) is 0 Å². The second-order valence-electron chi connectivity index (χ2n) is 6.70. The van der Waals surface area contributed by atoms with Crippen LogP contribution in [0.4, 0.5) is 0 Å². The molecule has 0 fully saturated rings. The molecule has 0 aliphatic carbocycles. The lowest BCUT2D eigenvalue weighted by Crippen LogP contribution is -2.40. The zero-order valence-corrected chi connectivity index (χ0v) is 17.2. The first-order chi connectivity index (χ1) is 13.2. The Hall–Kier alpha value is -2.05. The van der Waals surface area contributed by atoms with Gasteiger partial charge in [0.15, 0.2) is 0 Å². The van der Waals surface area contributed by atoms with Gasteiger partial charge in [0.05, 0.1) is 20.7 Å². The molecule has 4 nitrogen and oxygen atoms in total.